The third-order valence-electron chi connectivity index (χ3n) is 3.14. The van der Waals surface area contributed by atoms with Crippen LogP contribution >= 0.6 is 0 Å². The van der Waals surface area contributed by atoms with Crippen molar-refractivity contribution in [2.45, 2.75) is 0 Å². The maximum absolute atomic E-state index is 12.0. The molecule has 0 aliphatic rings. The van der Waals surface area contributed by atoms with Gasteiger partial charge >= 0.3 is 139 Å². The molecule has 0 aliphatic carbocycles. The molecule has 0 amide bonds. The number of pyridine rings is 1. The summed E-state index contributed by atoms with van der Waals surface area (Å²) in [6, 6.07) is 17.1. The SMILES string of the molecule is Oc1ccc(-c2ccc3nc([I-]OCCF)ccc3c2)cc1. The minimum atomic E-state index is -0.690. The van der Waals surface area contributed by atoms with Gasteiger partial charge in [-0.2, -0.15) is 0 Å². The first kappa shape index (κ1) is 15.2. The number of alkyl halides is 1. The van der Waals surface area contributed by atoms with Crippen LogP contribution in [0.2, 0.25) is 0 Å². The van der Waals surface area contributed by atoms with Gasteiger partial charge in [-0.05, 0) is 0 Å². The van der Waals surface area contributed by atoms with E-state index in [4.69, 9.17) is 3.07 Å². The Balaban J connectivity index is 1.87. The quantitative estimate of drug-likeness (QED) is 0.384. The van der Waals surface area contributed by atoms with Crippen LogP contribution in [0, 0.1) is 3.70 Å². The van der Waals surface area contributed by atoms with Crippen molar-refractivity contribution >= 4 is 10.9 Å². The summed E-state index contributed by atoms with van der Waals surface area (Å²) >= 11 is -0.690. The van der Waals surface area contributed by atoms with Crippen molar-refractivity contribution in [3.8, 4) is 16.9 Å². The zero-order valence-corrected chi connectivity index (χ0v) is 13.8. The molecule has 1 heterocycles. The van der Waals surface area contributed by atoms with E-state index in [2.05, 4.69) is 11.1 Å². The Kier molecular flexibility index (Phi) is 4.84. The number of benzene rings is 2. The van der Waals surface area contributed by atoms with Gasteiger partial charge in [-0.15, -0.1) is 0 Å². The maximum atomic E-state index is 12.0. The van der Waals surface area contributed by atoms with E-state index in [-0.39, 0.29) is 12.4 Å². The Morgan fingerprint density at radius 2 is 1.77 bits per heavy atom. The summed E-state index contributed by atoms with van der Waals surface area (Å²) in [6.45, 7) is -0.309. The predicted octanol–water partition coefficient (Wildman–Crippen LogP) is 0.767. The van der Waals surface area contributed by atoms with Crippen LogP contribution in [0.4, 0.5) is 4.39 Å². The summed E-state index contributed by atoms with van der Waals surface area (Å²) in [6.07, 6.45) is 0. The molecule has 0 saturated heterocycles. The number of hydrogen-bond acceptors (Lipinski definition) is 3. The van der Waals surface area contributed by atoms with Crippen molar-refractivity contribution in [1.29, 1.82) is 0 Å². The van der Waals surface area contributed by atoms with Gasteiger partial charge in [0, 0.05) is 0 Å². The van der Waals surface area contributed by atoms with E-state index < -0.39 is 28.3 Å². The molecule has 0 fully saturated rings. The summed E-state index contributed by atoms with van der Waals surface area (Å²) in [5.41, 5.74) is 3.02. The van der Waals surface area contributed by atoms with Crippen LogP contribution in [0.25, 0.3) is 22.0 Å². The van der Waals surface area contributed by atoms with Gasteiger partial charge in [-0.3, -0.25) is 0 Å². The average molecular weight is 410 g/mol. The first-order valence-corrected chi connectivity index (χ1v) is 8.75. The second-order valence-electron chi connectivity index (χ2n) is 4.67. The average Bonchev–Trinajstić information content (AvgIpc) is 2.55. The number of hydrogen-bond donors (Lipinski definition) is 1. The summed E-state index contributed by atoms with van der Waals surface area (Å²) in [4.78, 5) is 4.56. The predicted molar refractivity (Wildman–Crippen MR) is 79.5 cm³/mol. The molecular formula is C17H14FINO2-. The van der Waals surface area contributed by atoms with Gasteiger partial charge < -0.3 is 0 Å². The third-order valence-corrected chi connectivity index (χ3v) is 4.95. The zero-order chi connectivity index (χ0) is 15.4. The molecule has 0 spiro atoms. The molecule has 3 nitrogen and oxygen atoms in total. The van der Waals surface area contributed by atoms with Crippen molar-refractivity contribution in [3.63, 3.8) is 0 Å². The van der Waals surface area contributed by atoms with Crippen molar-refractivity contribution in [1.82, 2.24) is 4.98 Å². The number of aromatic hydroxyl groups is 1. The number of halogens is 2. The molecule has 5 heteroatoms. The van der Waals surface area contributed by atoms with Crippen LogP contribution < -0.4 is 21.6 Å². The second kappa shape index (κ2) is 7.02. The molecular weight excluding hydrogens is 396 g/mol. The Labute approximate surface area is 138 Å². The van der Waals surface area contributed by atoms with Gasteiger partial charge in [0.1, 0.15) is 0 Å². The van der Waals surface area contributed by atoms with E-state index in [1.54, 1.807) is 12.1 Å². The molecule has 114 valence electrons. The van der Waals surface area contributed by atoms with Gasteiger partial charge in [-0.25, -0.2) is 0 Å². The monoisotopic (exact) mass is 410 g/mol. The summed E-state index contributed by atoms with van der Waals surface area (Å²) in [5, 5.41) is 10.4. The molecule has 22 heavy (non-hydrogen) atoms. The zero-order valence-electron chi connectivity index (χ0n) is 11.7. The normalized spacial score (nSPS) is 11.1. The van der Waals surface area contributed by atoms with Crippen LogP contribution in [0.3, 0.4) is 0 Å². The summed E-state index contributed by atoms with van der Waals surface area (Å²) < 4.78 is 18.2. The van der Waals surface area contributed by atoms with E-state index in [0.717, 1.165) is 25.7 Å². The molecule has 0 radical (unpaired) electrons. The fraction of sp³-hybridized carbons (Fsp3) is 0.118. The van der Waals surface area contributed by atoms with Gasteiger partial charge in [0.15, 0.2) is 0 Å². The number of phenolic OH excluding ortho intramolecular Hbond substituents is 1. The standard InChI is InChI=1S/C17H14FINO2/c18-9-10-22-19-17-8-4-14-11-13(3-7-16(14)20-17)12-1-5-15(21)6-2-12/h1-8,11,21H,9-10H2/q-1. The van der Waals surface area contributed by atoms with Gasteiger partial charge in [0.25, 0.3) is 0 Å². The molecule has 3 aromatic rings. The van der Waals surface area contributed by atoms with Crippen molar-refractivity contribution in [3.05, 3.63) is 58.3 Å². The molecule has 0 aliphatic heterocycles. The van der Waals surface area contributed by atoms with E-state index in [1.165, 1.54) is 0 Å². The molecule has 3 rings (SSSR count). The van der Waals surface area contributed by atoms with E-state index in [1.807, 2.05) is 36.4 Å². The second-order valence-corrected chi connectivity index (χ2v) is 6.84. The van der Waals surface area contributed by atoms with Crippen molar-refractivity contribution in [2.75, 3.05) is 13.3 Å². The molecule has 2 aromatic carbocycles. The van der Waals surface area contributed by atoms with Crippen LogP contribution in [0.15, 0.2) is 54.6 Å². The van der Waals surface area contributed by atoms with Crippen LogP contribution in [-0.4, -0.2) is 23.4 Å². The Morgan fingerprint density at radius 3 is 2.55 bits per heavy atom. The molecule has 1 aromatic heterocycles. The fourth-order valence-corrected chi connectivity index (χ4v) is 3.49. The first-order valence-electron chi connectivity index (χ1n) is 6.79. The number of rotatable bonds is 5. The molecule has 1 N–H and O–H groups in total. The van der Waals surface area contributed by atoms with Gasteiger partial charge in [-0.1, -0.05) is 0 Å². The number of fused-ring (bicyclic) bond motifs is 1. The third kappa shape index (κ3) is 3.53. The Morgan fingerprint density at radius 1 is 1.00 bits per heavy atom. The van der Waals surface area contributed by atoms with Crippen molar-refractivity contribution in [2.24, 2.45) is 0 Å². The number of aromatic nitrogens is 1. The van der Waals surface area contributed by atoms with E-state index in [0.29, 0.717) is 0 Å². The molecule has 0 bridgehead atoms. The number of phenols is 1. The minimum absolute atomic E-state index is 0.146. The summed E-state index contributed by atoms with van der Waals surface area (Å²) in [7, 11) is 0. The van der Waals surface area contributed by atoms with Crippen LogP contribution in [0.5, 0.6) is 5.75 Å². The molecule has 0 saturated carbocycles. The van der Waals surface area contributed by atoms with Crippen LogP contribution in [-0.2, 0) is 3.07 Å². The van der Waals surface area contributed by atoms with Gasteiger partial charge in [0.2, 0.25) is 0 Å². The topological polar surface area (TPSA) is 42.4 Å². The Bertz CT molecular complexity index is 777. The first-order chi connectivity index (χ1) is 10.8. The Hall–Kier alpha value is -1.73. The molecule has 0 atom stereocenters. The van der Waals surface area contributed by atoms with E-state index in [9.17, 15) is 9.50 Å². The van der Waals surface area contributed by atoms with Crippen molar-refractivity contribution < 1.29 is 34.2 Å². The fourth-order valence-electron chi connectivity index (χ4n) is 2.10. The van der Waals surface area contributed by atoms with Gasteiger partial charge in [0.05, 0.1) is 0 Å². The van der Waals surface area contributed by atoms with E-state index >= 15 is 0 Å². The summed E-state index contributed by atoms with van der Waals surface area (Å²) in [5.74, 6) is 0.257. The molecule has 0 unspecified atom stereocenters. The number of nitrogens with zero attached hydrogens (tertiary/aromatic N) is 1. The van der Waals surface area contributed by atoms with Crippen LogP contribution in [0.1, 0.15) is 0 Å².